The highest BCUT2D eigenvalue weighted by Crippen LogP contribution is 2.23. The van der Waals surface area contributed by atoms with Crippen molar-refractivity contribution < 1.29 is 0 Å². The van der Waals surface area contributed by atoms with Gasteiger partial charge in [-0.05, 0) is 24.3 Å². The Bertz CT molecular complexity index is 664. The van der Waals surface area contributed by atoms with Crippen LogP contribution in [0.15, 0.2) is 36.0 Å². The monoisotopic (exact) mass is 243 g/mol. The van der Waals surface area contributed by atoms with E-state index < -0.39 is 0 Å². The van der Waals surface area contributed by atoms with Crippen LogP contribution in [0.2, 0.25) is 0 Å². The Balaban J connectivity index is 1.94. The molecule has 0 bridgehead atoms. The molecule has 0 fully saturated rings. The summed E-state index contributed by atoms with van der Waals surface area (Å²) in [6.07, 6.45) is 1.62. The van der Waals surface area contributed by atoms with Crippen molar-refractivity contribution in [2.24, 2.45) is 0 Å². The van der Waals surface area contributed by atoms with Gasteiger partial charge in [0, 0.05) is 11.9 Å². The molecule has 1 aromatic carbocycles. The maximum Gasteiger partial charge on any atom is 0.221 e. The Morgan fingerprint density at radius 2 is 2.12 bits per heavy atom. The topological polar surface area (TPSA) is 76.7 Å². The zero-order valence-corrected chi connectivity index (χ0v) is 9.61. The minimum Gasteiger partial charge on any atom is -0.368 e. The largest absolute Gasteiger partial charge is 0.368 e. The molecule has 2 aromatic heterocycles. The maximum atomic E-state index is 5.52. The molecule has 3 N–H and O–H groups in total. The average Bonchev–Trinajstić information content (AvgIpc) is 2.76. The predicted molar refractivity (Wildman–Crippen MR) is 69.3 cm³/mol. The third kappa shape index (κ3) is 2.02. The molecule has 0 radical (unpaired) electrons. The van der Waals surface area contributed by atoms with Crippen molar-refractivity contribution in [1.29, 1.82) is 0 Å². The molecule has 0 saturated carbocycles. The maximum absolute atomic E-state index is 5.52. The summed E-state index contributed by atoms with van der Waals surface area (Å²) in [4.78, 5) is 12.1. The lowest BCUT2D eigenvalue weighted by Crippen LogP contribution is -1.98. The minimum absolute atomic E-state index is 0.258. The number of rotatable bonds is 2. The van der Waals surface area contributed by atoms with Gasteiger partial charge in [-0.15, -0.1) is 11.3 Å². The van der Waals surface area contributed by atoms with E-state index in [0.29, 0.717) is 5.82 Å². The molecule has 0 aliphatic heterocycles. The van der Waals surface area contributed by atoms with Crippen molar-refractivity contribution in [1.82, 2.24) is 15.0 Å². The van der Waals surface area contributed by atoms with Gasteiger partial charge < -0.3 is 11.1 Å². The molecule has 0 amide bonds. The molecule has 3 aromatic rings. The first-order valence-corrected chi connectivity index (χ1v) is 5.88. The lowest BCUT2D eigenvalue weighted by atomic mass is 10.3. The van der Waals surface area contributed by atoms with E-state index in [2.05, 4.69) is 20.3 Å². The van der Waals surface area contributed by atoms with E-state index in [4.69, 9.17) is 5.73 Å². The number of nitrogen functional groups attached to an aromatic ring is 1. The van der Waals surface area contributed by atoms with Gasteiger partial charge in [-0.25, -0.2) is 9.97 Å². The Morgan fingerprint density at radius 1 is 1.18 bits per heavy atom. The van der Waals surface area contributed by atoms with Crippen LogP contribution in [0, 0.1) is 0 Å². The summed E-state index contributed by atoms with van der Waals surface area (Å²) in [6.45, 7) is 0. The molecule has 0 atom stereocenters. The van der Waals surface area contributed by atoms with Crippen LogP contribution in [0.4, 0.5) is 17.5 Å². The minimum atomic E-state index is 0.258. The van der Waals surface area contributed by atoms with Crippen LogP contribution in [-0.4, -0.2) is 15.0 Å². The number of benzene rings is 1. The Kier molecular flexibility index (Phi) is 2.34. The molecule has 6 heteroatoms. The zero-order chi connectivity index (χ0) is 11.7. The van der Waals surface area contributed by atoms with Gasteiger partial charge in [0.2, 0.25) is 5.95 Å². The van der Waals surface area contributed by atoms with Crippen LogP contribution in [-0.2, 0) is 0 Å². The molecule has 84 valence electrons. The highest BCUT2D eigenvalue weighted by molar-refractivity contribution is 7.16. The van der Waals surface area contributed by atoms with Gasteiger partial charge >= 0.3 is 0 Å². The van der Waals surface area contributed by atoms with Crippen LogP contribution in [0.5, 0.6) is 0 Å². The number of hydrogen-bond donors (Lipinski definition) is 2. The highest BCUT2D eigenvalue weighted by Gasteiger charge is 2.00. The lowest BCUT2D eigenvalue weighted by molar-refractivity contribution is 1.18. The summed E-state index contributed by atoms with van der Waals surface area (Å²) in [7, 11) is 0. The molecule has 2 heterocycles. The van der Waals surface area contributed by atoms with Crippen molar-refractivity contribution >= 4 is 39.0 Å². The van der Waals surface area contributed by atoms with Gasteiger partial charge in [0.05, 0.1) is 15.7 Å². The van der Waals surface area contributed by atoms with E-state index in [9.17, 15) is 0 Å². The van der Waals surface area contributed by atoms with E-state index in [-0.39, 0.29) is 5.95 Å². The Morgan fingerprint density at radius 3 is 3.00 bits per heavy atom. The SMILES string of the molecule is Nc1nccc(Nc2ccc3ncsc3c2)n1. The second-order valence-electron chi connectivity index (χ2n) is 3.46. The third-order valence-corrected chi connectivity index (χ3v) is 3.07. The number of thiazole rings is 1. The average molecular weight is 243 g/mol. The van der Waals surface area contributed by atoms with E-state index >= 15 is 0 Å². The van der Waals surface area contributed by atoms with Crippen molar-refractivity contribution in [2.75, 3.05) is 11.1 Å². The summed E-state index contributed by atoms with van der Waals surface area (Å²) in [5.74, 6) is 0.940. The summed E-state index contributed by atoms with van der Waals surface area (Å²) >= 11 is 1.61. The van der Waals surface area contributed by atoms with Crippen molar-refractivity contribution in [3.05, 3.63) is 36.0 Å². The molecule has 0 unspecified atom stereocenters. The molecular formula is C11H9N5S. The number of aromatic nitrogens is 3. The van der Waals surface area contributed by atoms with E-state index in [1.54, 1.807) is 23.6 Å². The molecule has 0 aliphatic rings. The highest BCUT2D eigenvalue weighted by atomic mass is 32.1. The summed E-state index contributed by atoms with van der Waals surface area (Å²) in [5, 5.41) is 3.17. The number of anilines is 3. The first-order valence-electron chi connectivity index (χ1n) is 5.00. The second-order valence-corrected chi connectivity index (χ2v) is 4.35. The predicted octanol–water partition coefficient (Wildman–Crippen LogP) is 2.41. The first-order chi connectivity index (χ1) is 8.31. The Labute approximate surface area is 101 Å². The smallest absolute Gasteiger partial charge is 0.221 e. The van der Waals surface area contributed by atoms with Crippen molar-refractivity contribution in [3.8, 4) is 0 Å². The van der Waals surface area contributed by atoms with Gasteiger partial charge in [-0.1, -0.05) is 0 Å². The second kappa shape index (κ2) is 3.99. The number of nitrogens with two attached hydrogens (primary N) is 1. The van der Waals surface area contributed by atoms with Crippen LogP contribution in [0.1, 0.15) is 0 Å². The van der Waals surface area contributed by atoms with E-state index in [1.165, 1.54) is 0 Å². The van der Waals surface area contributed by atoms with Gasteiger partial charge in [-0.3, -0.25) is 0 Å². The van der Waals surface area contributed by atoms with E-state index in [1.807, 2.05) is 23.7 Å². The first kappa shape index (κ1) is 9.98. The third-order valence-electron chi connectivity index (χ3n) is 2.28. The fourth-order valence-electron chi connectivity index (χ4n) is 1.52. The molecule has 0 saturated heterocycles. The molecule has 5 nitrogen and oxygen atoms in total. The summed E-state index contributed by atoms with van der Waals surface area (Å²) in [5.41, 5.74) is 9.31. The van der Waals surface area contributed by atoms with Crippen molar-refractivity contribution in [3.63, 3.8) is 0 Å². The number of nitrogens with one attached hydrogen (secondary N) is 1. The number of hydrogen-bond acceptors (Lipinski definition) is 6. The number of nitrogens with zero attached hydrogens (tertiary/aromatic N) is 3. The zero-order valence-electron chi connectivity index (χ0n) is 8.79. The normalized spacial score (nSPS) is 10.6. The van der Waals surface area contributed by atoms with E-state index in [0.717, 1.165) is 15.9 Å². The molecular weight excluding hydrogens is 234 g/mol. The fraction of sp³-hybridized carbons (Fsp3) is 0. The fourth-order valence-corrected chi connectivity index (χ4v) is 2.24. The van der Waals surface area contributed by atoms with Crippen LogP contribution in [0.3, 0.4) is 0 Å². The van der Waals surface area contributed by atoms with Gasteiger partial charge in [0.1, 0.15) is 5.82 Å². The quantitative estimate of drug-likeness (QED) is 0.722. The van der Waals surface area contributed by atoms with Crippen LogP contribution in [0.25, 0.3) is 10.2 Å². The Hall–Kier alpha value is -2.21. The molecule has 3 rings (SSSR count). The number of fused-ring (bicyclic) bond motifs is 1. The summed E-state index contributed by atoms with van der Waals surface area (Å²) in [6, 6.07) is 7.73. The molecule has 0 aliphatic carbocycles. The van der Waals surface area contributed by atoms with Gasteiger partial charge in [-0.2, -0.15) is 4.98 Å². The van der Waals surface area contributed by atoms with Crippen LogP contribution >= 0.6 is 11.3 Å². The van der Waals surface area contributed by atoms with Crippen LogP contribution < -0.4 is 11.1 Å². The van der Waals surface area contributed by atoms with Crippen molar-refractivity contribution in [2.45, 2.75) is 0 Å². The van der Waals surface area contributed by atoms with Gasteiger partial charge in [0.15, 0.2) is 0 Å². The molecule has 0 spiro atoms. The molecule has 17 heavy (non-hydrogen) atoms. The lowest BCUT2D eigenvalue weighted by Gasteiger charge is -2.05. The van der Waals surface area contributed by atoms with Gasteiger partial charge in [0.25, 0.3) is 0 Å². The standard InChI is InChI=1S/C11H9N5S/c12-11-13-4-3-10(16-11)15-7-1-2-8-9(5-7)17-6-14-8/h1-6H,(H3,12,13,15,16). The summed E-state index contributed by atoms with van der Waals surface area (Å²) < 4.78 is 1.14.